The molecule has 1 heterocycles. The second-order valence-corrected chi connectivity index (χ2v) is 5.16. The summed E-state index contributed by atoms with van der Waals surface area (Å²) in [5.41, 5.74) is 2.80. The predicted octanol–water partition coefficient (Wildman–Crippen LogP) is 4.62. The molecule has 1 aromatic carbocycles. The Hall–Kier alpha value is -2.97. The van der Waals surface area contributed by atoms with Crippen LogP contribution < -0.4 is 5.43 Å². The van der Waals surface area contributed by atoms with Gasteiger partial charge in [-0.1, -0.05) is 25.5 Å². The Kier molecular flexibility index (Phi) is 5.68. The van der Waals surface area contributed by atoms with Gasteiger partial charge in [0.1, 0.15) is 5.82 Å². The van der Waals surface area contributed by atoms with Crippen LogP contribution in [0.3, 0.4) is 0 Å². The van der Waals surface area contributed by atoms with Crippen molar-refractivity contribution in [2.45, 2.75) is 25.9 Å². The first-order valence-electron chi connectivity index (χ1n) is 7.42. The first kappa shape index (κ1) is 18.4. The highest BCUT2D eigenvalue weighted by molar-refractivity contribution is 6.01. The summed E-state index contributed by atoms with van der Waals surface area (Å²) in [6.45, 7) is 1.92. The molecular formula is C16H15F3N4O2. The summed E-state index contributed by atoms with van der Waals surface area (Å²) in [7, 11) is 0. The number of alkyl halides is 3. The quantitative estimate of drug-likeness (QED) is 0.467. The van der Waals surface area contributed by atoms with Gasteiger partial charge in [0.25, 0.3) is 5.69 Å². The molecule has 6 nitrogen and oxygen atoms in total. The number of nitro benzene ring substituents is 1. The van der Waals surface area contributed by atoms with E-state index in [-0.39, 0.29) is 11.5 Å². The van der Waals surface area contributed by atoms with E-state index in [1.165, 1.54) is 18.2 Å². The molecule has 0 fully saturated rings. The molecule has 0 bridgehead atoms. The number of hydrogen-bond acceptors (Lipinski definition) is 5. The van der Waals surface area contributed by atoms with Crippen molar-refractivity contribution in [1.29, 1.82) is 0 Å². The number of pyridine rings is 1. The van der Waals surface area contributed by atoms with Crippen molar-refractivity contribution in [3.8, 4) is 0 Å². The Morgan fingerprint density at radius 3 is 2.64 bits per heavy atom. The summed E-state index contributed by atoms with van der Waals surface area (Å²) in [6, 6.07) is 8.08. The molecule has 0 radical (unpaired) electrons. The van der Waals surface area contributed by atoms with Crippen LogP contribution in [-0.2, 0) is 6.18 Å². The van der Waals surface area contributed by atoms with Crippen molar-refractivity contribution in [1.82, 2.24) is 4.98 Å². The molecule has 0 saturated carbocycles. The number of anilines is 1. The number of aromatic nitrogens is 1. The summed E-state index contributed by atoms with van der Waals surface area (Å²) < 4.78 is 37.5. The number of hydrogen-bond donors (Lipinski definition) is 1. The maximum atomic E-state index is 12.5. The Labute approximate surface area is 141 Å². The third-order valence-electron chi connectivity index (χ3n) is 3.27. The van der Waals surface area contributed by atoms with Gasteiger partial charge in [-0.2, -0.15) is 18.3 Å². The number of rotatable bonds is 6. The smallest absolute Gasteiger partial charge is 0.261 e. The Balaban J connectivity index is 2.22. The van der Waals surface area contributed by atoms with Crippen molar-refractivity contribution in [2.75, 3.05) is 5.43 Å². The van der Waals surface area contributed by atoms with Gasteiger partial charge in [0, 0.05) is 23.9 Å². The molecule has 0 saturated heterocycles. The molecule has 1 aromatic heterocycles. The Morgan fingerprint density at radius 2 is 2.08 bits per heavy atom. The summed E-state index contributed by atoms with van der Waals surface area (Å²) in [5.74, 6) is 0.145. The minimum absolute atomic E-state index is 0.0611. The topological polar surface area (TPSA) is 80.4 Å². The van der Waals surface area contributed by atoms with E-state index in [2.05, 4.69) is 15.5 Å². The number of nitro groups is 1. The van der Waals surface area contributed by atoms with Crippen molar-refractivity contribution < 1.29 is 18.1 Å². The van der Waals surface area contributed by atoms with Crippen molar-refractivity contribution in [3.05, 3.63) is 63.8 Å². The lowest BCUT2D eigenvalue weighted by Crippen LogP contribution is -2.07. The lowest BCUT2D eigenvalue weighted by molar-refractivity contribution is -0.384. The van der Waals surface area contributed by atoms with Gasteiger partial charge in [-0.3, -0.25) is 15.5 Å². The molecule has 25 heavy (non-hydrogen) atoms. The van der Waals surface area contributed by atoms with Crippen LogP contribution in [0.2, 0.25) is 0 Å². The second kappa shape index (κ2) is 7.73. The molecule has 0 aliphatic carbocycles. The fourth-order valence-electron chi connectivity index (χ4n) is 2.05. The van der Waals surface area contributed by atoms with Crippen LogP contribution in [0.25, 0.3) is 0 Å². The van der Waals surface area contributed by atoms with Gasteiger partial charge >= 0.3 is 6.18 Å². The van der Waals surface area contributed by atoms with Crippen LogP contribution >= 0.6 is 0 Å². The third-order valence-corrected chi connectivity index (χ3v) is 3.27. The van der Waals surface area contributed by atoms with Gasteiger partial charge < -0.3 is 0 Å². The summed E-state index contributed by atoms with van der Waals surface area (Å²) in [4.78, 5) is 14.0. The van der Waals surface area contributed by atoms with E-state index in [0.717, 1.165) is 12.5 Å². The number of nitrogens with one attached hydrogen (secondary N) is 1. The van der Waals surface area contributed by atoms with Crippen LogP contribution in [0.1, 0.15) is 30.9 Å². The van der Waals surface area contributed by atoms with Gasteiger partial charge in [-0.25, -0.2) is 4.98 Å². The van der Waals surface area contributed by atoms with E-state index in [9.17, 15) is 23.3 Å². The fourth-order valence-corrected chi connectivity index (χ4v) is 2.05. The molecule has 0 aliphatic rings. The van der Waals surface area contributed by atoms with Crippen molar-refractivity contribution >= 4 is 17.2 Å². The van der Waals surface area contributed by atoms with E-state index >= 15 is 0 Å². The minimum atomic E-state index is -4.45. The van der Waals surface area contributed by atoms with Gasteiger partial charge in [-0.05, 0) is 18.6 Å². The largest absolute Gasteiger partial charge is 0.417 e. The second-order valence-electron chi connectivity index (χ2n) is 5.16. The van der Waals surface area contributed by atoms with E-state index in [0.29, 0.717) is 23.9 Å². The molecule has 132 valence electrons. The molecule has 2 aromatic rings. The monoisotopic (exact) mass is 352 g/mol. The summed E-state index contributed by atoms with van der Waals surface area (Å²) >= 11 is 0. The lowest BCUT2D eigenvalue weighted by Gasteiger charge is -2.08. The molecule has 9 heteroatoms. The molecule has 0 atom stereocenters. The number of non-ortho nitro benzene ring substituents is 1. The van der Waals surface area contributed by atoms with E-state index in [1.807, 2.05) is 6.92 Å². The molecule has 0 amide bonds. The molecular weight excluding hydrogens is 337 g/mol. The Morgan fingerprint density at radius 1 is 1.32 bits per heavy atom. The van der Waals surface area contributed by atoms with E-state index in [4.69, 9.17) is 0 Å². The zero-order valence-electron chi connectivity index (χ0n) is 13.2. The number of halogens is 3. The van der Waals surface area contributed by atoms with E-state index < -0.39 is 16.7 Å². The number of benzene rings is 1. The minimum Gasteiger partial charge on any atom is -0.261 e. The van der Waals surface area contributed by atoms with E-state index in [1.54, 1.807) is 12.1 Å². The first-order valence-corrected chi connectivity index (χ1v) is 7.42. The van der Waals surface area contributed by atoms with Gasteiger partial charge in [0.2, 0.25) is 0 Å². The normalized spacial score (nSPS) is 12.1. The zero-order valence-corrected chi connectivity index (χ0v) is 13.2. The molecule has 2 rings (SSSR count). The van der Waals surface area contributed by atoms with Crippen LogP contribution in [0, 0.1) is 10.1 Å². The van der Waals surface area contributed by atoms with Crippen LogP contribution in [0.4, 0.5) is 24.7 Å². The van der Waals surface area contributed by atoms with Crippen LogP contribution in [0.5, 0.6) is 0 Å². The highest BCUT2D eigenvalue weighted by Crippen LogP contribution is 2.28. The average Bonchev–Trinajstić information content (AvgIpc) is 2.58. The lowest BCUT2D eigenvalue weighted by atomic mass is 10.1. The fraction of sp³-hybridized carbons (Fsp3) is 0.250. The highest BCUT2D eigenvalue weighted by Gasteiger charge is 2.30. The van der Waals surface area contributed by atoms with Crippen molar-refractivity contribution in [2.24, 2.45) is 5.10 Å². The highest BCUT2D eigenvalue weighted by atomic mass is 19.4. The Bertz CT molecular complexity index is 774. The third kappa shape index (κ3) is 5.00. The zero-order chi connectivity index (χ0) is 18.4. The number of nitrogens with zero attached hydrogens (tertiary/aromatic N) is 3. The van der Waals surface area contributed by atoms with Crippen LogP contribution in [0.15, 0.2) is 47.7 Å². The van der Waals surface area contributed by atoms with Crippen LogP contribution in [-0.4, -0.2) is 15.6 Å². The standard InChI is InChI=1S/C16H15F3N4O2/c1-2-4-14(11-5-3-6-13(9-11)23(24)25)21-22-15-8-7-12(10-20-15)16(17,18)19/h3,5-10H,2,4H2,1H3,(H,20,22)/b21-14-. The maximum Gasteiger partial charge on any atom is 0.417 e. The van der Waals surface area contributed by atoms with Crippen molar-refractivity contribution in [3.63, 3.8) is 0 Å². The van der Waals surface area contributed by atoms with Gasteiger partial charge in [0.05, 0.1) is 16.2 Å². The van der Waals surface area contributed by atoms with Gasteiger partial charge in [0.15, 0.2) is 0 Å². The summed E-state index contributed by atoms with van der Waals surface area (Å²) in [6.07, 6.45) is -2.46. The average molecular weight is 352 g/mol. The SMILES string of the molecule is CCC/C(=N/Nc1ccc(C(F)(F)F)cn1)c1cccc([N+](=O)[O-])c1. The molecule has 0 spiro atoms. The number of hydrazone groups is 1. The van der Waals surface area contributed by atoms with Gasteiger partial charge in [-0.15, -0.1) is 0 Å². The summed E-state index contributed by atoms with van der Waals surface area (Å²) in [5, 5.41) is 15.0. The predicted molar refractivity (Wildman–Crippen MR) is 87.4 cm³/mol. The maximum absolute atomic E-state index is 12.5. The first-order chi connectivity index (χ1) is 11.8. The molecule has 1 N–H and O–H groups in total. The molecule has 0 unspecified atom stereocenters. The molecule has 0 aliphatic heterocycles.